The lowest BCUT2D eigenvalue weighted by Crippen LogP contribution is -2.46. The van der Waals surface area contributed by atoms with Crippen LogP contribution < -0.4 is 10.6 Å². The highest BCUT2D eigenvalue weighted by molar-refractivity contribution is 6.31. The second-order valence-corrected chi connectivity index (χ2v) is 8.35. The maximum absolute atomic E-state index is 13.0. The van der Waals surface area contributed by atoms with E-state index in [1.165, 1.54) is 0 Å². The van der Waals surface area contributed by atoms with E-state index in [0.29, 0.717) is 23.6 Å². The Hall–Kier alpha value is -2.89. The van der Waals surface area contributed by atoms with Gasteiger partial charge in [-0.3, -0.25) is 9.59 Å². The van der Waals surface area contributed by atoms with Gasteiger partial charge in [0.15, 0.2) is 0 Å². The fraction of sp³-hybridized carbons (Fsp3) is 0.250. The molecule has 0 bridgehead atoms. The fourth-order valence-corrected chi connectivity index (χ4v) is 4.31. The molecule has 154 valence electrons. The Labute approximate surface area is 181 Å². The Balaban J connectivity index is 1.66. The summed E-state index contributed by atoms with van der Waals surface area (Å²) in [6.07, 6.45) is 11.8. The highest BCUT2D eigenvalue weighted by atomic mass is 35.5. The highest BCUT2D eigenvalue weighted by Crippen LogP contribution is 2.52. The van der Waals surface area contributed by atoms with Crippen LogP contribution in [-0.2, 0) is 4.79 Å². The number of hydrogen-bond donors (Lipinski definition) is 2. The summed E-state index contributed by atoms with van der Waals surface area (Å²) in [5, 5.41) is 6.52. The predicted molar refractivity (Wildman–Crippen MR) is 120 cm³/mol. The molecule has 1 atom stereocenters. The number of rotatable bonds is 5. The molecule has 5 nitrogen and oxygen atoms in total. The van der Waals surface area contributed by atoms with Crippen molar-refractivity contribution in [2.24, 2.45) is 5.41 Å². The number of hydrogen-bond acceptors (Lipinski definition) is 3. The van der Waals surface area contributed by atoms with Crippen LogP contribution in [-0.4, -0.2) is 43.9 Å². The van der Waals surface area contributed by atoms with E-state index in [-0.39, 0.29) is 11.8 Å². The molecule has 30 heavy (non-hydrogen) atoms. The van der Waals surface area contributed by atoms with E-state index in [1.807, 2.05) is 67.6 Å². The Morgan fingerprint density at radius 2 is 2.17 bits per heavy atom. The molecule has 1 aromatic rings. The maximum Gasteiger partial charge on any atom is 0.251 e. The largest absolute Gasteiger partial charge is 0.351 e. The zero-order chi connectivity index (χ0) is 21.3. The van der Waals surface area contributed by atoms with Crippen LogP contribution in [0.15, 0.2) is 77.0 Å². The minimum Gasteiger partial charge on any atom is -0.351 e. The predicted octanol–water partition coefficient (Wildman–Crippen LogP) is 3.38. The zero-order valence-corrected chi connectivity index (χ0v) is 17.8. The molecule has 0 saturated carbocycles. The van der Waals surface area contributed by atoms with Crippen LogP contribution in [0.3, 0.4) is 0 Å². The summed E-state index contributed by atoms with van der Waals surface area (Å²) in [5.74, 6) is -0.176. The second kappa shape index (κ2) is 8.09. The van der Waals surface area contributed by atoms with Crippen LogP contribution in [0.5, 0.6) is 0 Å². The van der Waals surface area contributed by atoms with Gasteiger partial charge in [-0.15, -0.1) is 0 Å². The summed E-state index contributed by atoms with van der Waals surface area (Å²) in [6.45, 7) is 1.35. The normalized spacial score (nSPS) is 22.2. The molecule has 1 aliphatic heterocycles. The lowest BCUT2D eigenvalue weighted by molar-refractivity contribution is -0.126. The molecule has 0 saturated heterocycles. The van der Waals surface area contributed by atoms with Gasteiger partial charge in [0.1, 0.15) is 5.41 Å². The SMILES string of the molecule is CN(C)CCNC(=O)c1cccc(C2=CNC(=O)C34CC=C(Cl)C=C3C=CC=C24)c1. The first-order chi connectivity index (χ1) is 14.4. The molecule has 2 aliphatic carbocycles. The molecule has 1 heterocycles. The molecule has 4 rings (SSSR count). The summed E-state index contributed by atoms with van der Waals surface area (Å²) < 4.78 is 0. The van der Waals surface area contributed by atoms with E-state index in [9.17, 15) is 9.59 Å². The van der Waals surface area contributed by atoms with Gasteiger partial charge in [-0.25, -0.2) is 0 Å². The van der Waals surface area contributed by atoms with Crippen LogP contribution in [0.25, 0.3) is 5.57 Å². The van der Waals surface area contributed by atoms with Gasteiger partial charge in [0.2, 0.25) is 5.91 Å². The van der Waals surface area contributed by atoms with Crippen molar-refractivity contribution >= 4 is 29.0 Å². The first-order valence-corrected chi connectivity index (χ1v) is 10.3. The lowest BCUT2D eigenvalue weighted by Gasteiger charge is -2.42. The van der Waals surface area contributed by atoms with Crippen LogP contribution in [0.1, 0.15) is 22.3 Å². The van der Waals surface area contributed by atoms with Gasteiger partial charge in [0.05, 0.1) is 0 Å². The standard InChI is InChI=1S/C24H24ClN3O2/c1-28(2)12-11-26-22(29)17-6-3-5-16(13-17)20-15-27-23(30)24-10-9-19(25)14-18(24)7-4-8-21(20)24/h3-9,13-15H,10-12H2,1-2H3,(H,26,29)(H,27,30). The number of allylic oxidation sites excluding steroid dienone is 7. The van der Waals surface area contributed by atoms with E-state index in [0.717, 1.165) is 28.8 Å². The number of amides is 2. The molecule has 2 N–H and O–H groups in total. The molecule has 1 spiro atoms. The topological polar surface area (TPSA) is 61.4 Å². The third-order valence-corrected chi connectivity index (χ3v) is 5.96. The molecule has 0 aromatic heterocycles. The summed E-state index contributed by atoms with van der Waals surface area (Å²) >= 11 is 6.22. The second-order valence-electron chi connectivity index (χ2n) is 7.91. The smallest absolute Gasteiger partial charge is 0.251 e. The average molecular weight is 422 g/mol. The quantitative estimate of drug-likeness (QED) is 0.766. The monoisotopic (exact) mass is 421 g/mol. The van der Waals surface area contributed by atoms with Gasteiger partial charge in [-0.2, -0.15) is 0 Å². The number of carbonyl (C=O) groups excluding carboxylic acids is 2. The minimum absolute atomic E-state index is 0.0638. The number of nitrogens with zero attached hydrogens (tertiary/aromatic N) is 1. The van der Waals surface area contributed by atoms with Crippen molar-refractivity contribution in [1.29, 1.82) is 0 Å². The third-order valence-electron chi connectivity index (χ3n) is 5.69. The van der Waals surface area contributed by atoms with Gasteiger partial charge >= 0.3 is 0 Å². The van der Waals surface area contributed by atoms with Crippen molar-refractivity contribution in [1.82, 2.24) is 15.5 Å². The van der Waals surface area contributed by atoms with E-state index in [1.54, 1.807) is 12.3 Å². The molecule has 0 radical (unpaired) electrons. The number of nitrogens with one attached hydrogen (secondary N) is 2. The Kier molecular flexibility index (Phi) is 5.50. The minimum atomic E-state index is -0.790. The summed E-state index contributed by atoms with van der Waals surface area (Å²) in [6, 6.07) is 7.50. The molecular weight excluding hydrogens is 398 g/mol. The van der Waals surface area contributed by atoms with E-state index < -0.39 is 5.41 Å². The summed E-state index contributed by atoms with van der Waals surface area (Å²) in [7, 11) is 3.93. The molecule has 1 aromatic carbocycles. The van der Waals surface area contributed by atoms with E-state index in [2.05, 4.69) is 10.6 Å². The Morgan fingerprint density at radius 3 is 2.97 bits per heavy atom. The summed E-state index contributed by atoms with van der Waals surface area (Å²) in [4.78, 5) is 27.6. The van der Waals surface area contributed by atoms with E-state index >= 15 is 0 Å². The van der Waals surface area contributed by atoms with Crippen LogP contribution in [0.2, 0.25) is 0 Å². The molecule has 0 fully saturated rings. The molecule has 1 unspecified atom stereocenters. The summed E-state index contributed by atoms with van der Waals surface area (Å²) in [5.41, 5.74) is 3.39. The fourth-order valence-electron chi connectivity index (χ4n) is 4.11. The van der Waals surface area contributed by atoms with Crippen molar-refractivity contribution in [2.45, 2.75) is 6.42 Å². The van der Waals surface area contributed by atoms with Crippen molar-refractivity contribution < 1.29 is 9.59 Å². The number of benzene rings is 1. The third kappa shape index (κ3) is 3.55. The lowest BCUT2D eigenvalue weighted by atomic mass is 9.62. The van der Waals surface area contributed by atoms with Gasteiger partial charge in [-0.1, -0.05) is 48.0 Å². The molecule has 3 aliphatic rings. The van der Waals surface area contributed by atoms with Gasteiger partial charge < -0.3 is 15.5 Å². The van der Waals surface area contributed by atoms with Gasteiger partial charge in [-0.05, 0) is 55.4 Å². The maximum atomic E-state index is 13.0. The van der Waals surface area contributed by atoms with Crippen molar-refractivity contribution in [2.75, 3.05) is 27.2 Å². The molecule has 2 amide bonds. The van der Waals surface area contributed by atoms with Crippen molar-refractivity contribution in [3.63, 3.8) is 0 Å². The zero-order valence-electron chi connectivity index (χ0n) is 17.0. The first kappa shape index (κ1) is 20.4. The van der Waals surface area contributed by atoms with Crippen LogP contribution in [0, 0.1) is 5.41 Å². The van der Waals surface area contributed by atoms with Crippen LogP contribution >= 0.6 is 11.6 Å². The first-order valence-electron chi connectivity index (χ1n) is 9.93. The van der Waals surface area contributed by atoms with E-state index in [4.69, 9.17) is 11.6 Å². The Morgan fingerprint density at radius 1 is 1.33 bits per heavy atom. The Bertz CT molecular complexity index is 1060. The molecular formula is C24H24ClN3O2. The number of carbonyl (C=O) groups is 2. The van der Waals surface area contributed by atoms with Crippen molar-refractivity contribution in [3.05, 3.63) is 88.2 Å². The van der Waals surface area contributed by atoms with Crippen molar-refractivity contribution in [3.8, 4) is 0 Å². The number of halogens is 1. The highest BCUT2D eigenvalue weighted by Gasteiger charge is 2.48. The number of likely N-dealkylation sites (N-methyl/N-ethyl adjacent to an activating group) is 1. The van der Waals surface area contributed by atoms with Gasteiger partial charge in [0.25, 0.3) is 5.91 Å². The average Bonchev–Trinajstić information content (AvgIpc) is 2.73. The van der Waals surface area contributed by atoms with Crippen LogP contribution in [0.4, 0.5) is 0 Å². The van der Waals surface area contributed by atoms with Gasteiger partial charge in [0, 0.05) is 35.5 Å². The molecule has 6 heteroatoms.